The van der Waals surface area contributed by atoms with Crippen molar-refractivity contribution in [3.63, 3.8) is 0 Å². The Bertz CT molecular complexity index is 2720. The van der Waals surface area contributed by atoms with Gasteiger partial charge in [-0.15, -0.1) is 0 Å². The van der Waals surface area contributed by atoms with Gasteiger partial charge < -0.3 is 30.4 Å². The maximum absolute atomic E-state index is 14.5. The Morgan fingerprint density at radius 2 is 1.66 bits per heavy atom. The molecular weight excluding hydrogens is 815 g/mol. The van der Waals surface area contributed by atoms with E-state index in [1.165, 1.54) is 0 Å². The lowest BCUT2D eigenvalue weighted by Crippen LogP contribution is -2.54. The van der Waals surface area contributed by atoms with Crippen LogP contribution in [0.5, 0.6) is 17.2 Å². The number of nitrogen functional groups attached to an aromatic ring is 1. The van der Waals surface area contributed by atoms with E-state index in [0.717, 1.165) is 43.5 Å². The van der Waals surface area contributed by atoms with Gasteiger partial charge in [0.25, 0.3) is 10.0 Å². The minimum atomic E-state index is -4.33. The number of nitrogens with zero attached hydrogens (tertiary/aromatic N) is 3. The first-order valence-corrected chi connectivity index (χ1v) is 21.8. The number of anilines is 1. The highest BCUT2D eigenvalue weighted by atomic mass is 32.2. The molecule has 13 nitrogen and oxygen atoms in total. The summed E-state index contributed by atoms with van der Waals surface area (Å²) in [5.74, 6) is -0.156. The van der Waals surface area contributed by atoms with Crippen LogP contribution in [0.3, 0.4) is 0 Å². The largest absolute Gasteiger partial charge is 0.489 e. The summed E-state index contributed by atoms with van der Waals surface area (Å²) in [5, 5.41) is 21.9. The van der Waals surface area contributed by atoms with Gasteiger partial charge in [-0.1, -0.05) is 90.2 Å². The monoisotopic (exact) mass is 855 g/mol. The molecule has 3 heterocycles. The van der Waals surface area contributed by atoms with Crippen LogP contribution in [0.25, 0.3) is 11.1 Å². The van der Waals surface area contributed by atoms with E-state index < -0.39 is 46.5 Å². The van der Waals surface area contributed by atoms with Crippen LogP contribution in [0.1, 0.15) is 51.6 Å². The normalized spacial score (nSPS) is 16.5. The van der Waals surface area contributed by atoms with E-state index in [9.17, 15) is 23.1 Å². The second-order valence-corrected chi connectivity index (χ2v) is 18.0. The van der Waals surface area contributed by atoms with Crippen molar-refractivity contribution in [2.45, 2.75) is 61.7 Å². The van der Waals surface area contributed by atoms with Crippen LogP contribution in [0.4, 0.5) is 5.13 Å². The molecule has 0 aliphatic carbocycles. The number of carbonyl (C=O) groups is 2. The van der Waals surface area contributed by atoms with Gasteiger partial charge in [-0.3, -0.25) is 9.59 Å². The number of carbonyl (C=O) groups excluding carboxylic acids is 1. The molecule has 1 aromatic heterocycles. The molecular formula is C46H41N5O8S2. The number of aromatic nitrogens is 1. The number of aliphatic carboxylic acids is 1. The minimum Gasteiger partial charge on any atom is -0.489 e. The van der Waals surface area contributed by atoms with E-state index in [-0.39, 0.29) is 41.0 Å². The summed E-state index contributed by atoms with van der Waals surface area (Å²) in [6, 6.07) is 35.7. The number of carboxylic acids is 1. The van der Waals surface area contributed by atoms with E-state index in [1.54, 1.807) is 31.2 Å². The number of rotatable bonds is 13. The molecule has 310 valence electrons. The Morgan fingerprint density at radius 3 is 2.31 bits per heavy atom. The van der Waals surface area contributed by atoms with Gasteiger partial charge in [0.15, 0.2) is 26.9 Å². The van der Waals surface area contributed by atoms with Crippen LogP contribution in [-0.2, 0) is 45.6 Å². The summed E-state index contributed by atoms with van der Waals surface area (Å²) in [6.07, 6.45) is -0.684. The Hall–Kier alpha value is -6.73. The number of thiazole rings is 1. The number of carboxylic acid groups (broad SMARTS) is 1. The van der Waals surface area contributed by atoms with Gasteiger partial charge in [-0.25, -0.2) is 13.4 Å². The van der Waals surface area contributed by atoms with Gasteiger partial charge in [-0.2, -0.15) is 9.57 Å². The summed E-state index contributed by atoms with van der Waals surface area (Å²) in [4.78, 5) is 30.6. The molecule has 2 aliphatic rings. The van der Waals surface area contributed by atoms with Crippen molar-refractivity contribution in [2.75, 3.05) is 12.3 Å². The summed E-state index contributed by atoms with van der Waals surface area (Å²) in [5.41, 5.74) is 12.5. The zero-order valence-electron chi connectivity index (χ0n) is 33.0. The molecule has 15 heteroatoms. The van der Waals surface area contributed by atoms with E-state index >= 15 is 0 Å². The number of nitriles is 1. The smallest absolute Gasteiger partial charge is 0.305 e. The third-order valence-corrected chi connectivity index (χ3v) is 14.1. The molecule has 3 unspecified atom stereocenters. The lowest BCUT2D eigenvalue weighted by molar-refractivity contribution is -0.137. The first-order valence-electron chi connectivity index (χ1n) is 19.5. The summed E-state index contributed by atoms with van der Waals surface area (Å²) >= 11 is 0.819. The van der Waals surface area contributed by atoms with Gasteiger partial charge in [-0.05, 0) is 95.1 Å². The van der Waals surface area contributed by atoms with Gasteiger partial charge >= 0.3 is 5.97 Å². The molecule has 61 heavy (non-hydrogen) atoms. The van der Waals surface area contributed by atoms with Crippen molar-refractivity contribution in [3.8, 4) is 34.4 Å². The first-order chi connectivity index (χ1) is 29.4. The average molecular weight is 856 g/mol. The van der Waals surface area contributed by atoms with Crippen LogP contribution >= 0.6 is 11.3 Å². The Balaban J connectivity index is 1.02. The number of nitrogens with one attached hydrogen (secondary N) is 1. The topological polar surface area (TPSA) is 194 Å². The maximum atomic E-state index is 14.5. The molecule has 0 spiro atoms. The highest BCUT2D eigenvalue weighted by molar-refractivity contribution is 7.91. The number of hydrogen-bond donors (Lipinski definition) is 3. The zero-order valence-corrected chi connectivity index (χ0v) is 34.6. The van der Waals surface area contributed by atoms with Crippen molar-refractivity contribution >= 4 is 38.4 Å². The number of benzene rings is 5. The first kappa shape index (κ1) is 41.0. The number of nitrogens with two attached hydrogens (primary N) is 1. The summed E-state index contributed by atoms with van der Waals surface area (Å²) in [7, 11) is -4.33. The second kappa shape index (κ2) is 17.5. The van der Waals surface area contributed by atoms with Crippen molar-refractivity contribution in [2.24, 2.45) is 0 Å². The number of sulfonamides is 1. The predicted octanol–water partition coefficient (Wildman–Crippen LogP) is 6.98. The van der Waals surface area contributed by atoms with E-state index in [4.69, 9.17) is 25.2 Å². The van der Waals surface area contributed by atoms with Crippen LogP contribution in [0.2, 0.25) is 0 Å². The van der Waals surface area contributed by atoms with Gasteiger partial charge in [0, 0.05) is 12.6 Å². The molecule has 8 rings (SSSR count). The Labute approximate surface area is 357 Å². The third kappa shape index (κ3) is 9.21. The van der Waals surface area contributed by atoms with Crippen LogP contribution in [0.15, 0.2) is 119 Å². The van der Waals surface area contributed by atoms with Crippen molar-refractivity contribution in [3.05, 3.63) is 154 Å². The van der Waals surface area contributed by atoms with Crippen molar-refractivity contribution < 1.29 is 37.3 Å². The molecule has 2 aliphatic heterocycles. The summed E-state index contributed by atoms with van der Waals surface area (Å²) < 4.78 is 48.5. The maximum Gasteiger partial charge on any atom is 0.305 e. The molecule has 0 saturated heterocycles. The quantitative estimate of drug-likeness (QED) is 0.109. The molecule has 6 aromatic rings. The molecule has 4 N–H and O–H groups in total. The molecule has 3 atom stereocenters. The number of fused-ring (bicyclic) bond motifs is 2. The van der Waals surface area contributed by atoms with E-state index in [1.807, 2.05) is 91.0 Å². The zero-order chi connectivity index (χ0) is 42.7. The van der Waals surface area contributed by atoms with Crippen LogP contribution in [-0.4, -0.2) is 53.4 Å². The molecule has 5 aromatic carbocycles. The SMILES string of the molecule is Cc1nc(N)sc1S(=O)(=O)N1Cc2cc3c(cc2CC1C(=O)NC(CC(=O)O)Cc1ccc(-c2ccc(C#N)cc2)cc1)OCC(c1ccc(OCc2ccccc2)cc1)O3. The highest BCUT2D eigenvalue weighted by Gasteiger charge is 2.43. The fourth-order valence-electron chi connectivity index (χ4n) is 7.57. The lowest BCUT2D eigenvalue weighted by Gasteiger charge is -2.36. The van der Waals surface area contributed by atoms with Gasteiger partial charge in [0.1, 0.15) is 25.0 Å². The standard InChI is InChI=1S/C46H41N5O8S2/c1-28-45(60-46(48)49-28)61(55,56)51-25-36-22-41-40(58-27-42(59-41)34-15-17-38(18-16-34)57-26-31-5-3-2-4-6-31)21-35(36)20-39(51)44(54)50-37(23-43(52)53)19-29-7-11-32(12-8-29)33-13-9-30(24-47)10-14-33/h2-18,21-22,37,39,42H,19-20,23,25-27H2,1H3,(H2,48,49)(H,50,54)(H,52,53). The van der Waals surface area contributed by atoms with Crippen LogP contribution in [0, 0.1) is 18.3 Å². The van der Waals surface area contributed by atoms with Gasteiger partial charge in [0.2, 0.25) is 5.91 Å². The predicted molar refractivity (Wildman–Crippen MR) is 228 cm³/mol. The average Bonchev–Trinajstić information content (AvgIpc) is 3.62. The minimum absolute atomic E-state index is 0.0165. The molecule has 1 amide bonds. The Kier molecular flexibility index (Phi) is 11.7. The van der Waals surface area contributed by atoms with Crippen molar-refractivity contribution in [1.82, 2.24) is 14.6 Å². The molecule has 0 radical (unpaired) electrons. The summed E-state index contributed by atoms with van der Waals surface area (Å²) in [6.45, 7) is 2.03. The van der Waals surface area contributed by atoms with Crippen molar-refractivity contribution in [1.29, 1.82) is 5.26 Å². The Morgan fingerprint density at radius 1 is 0.967 bits per heavy atom. The van der Waals surface area contributed by atoms with Gasteiger partial charge in [0.05, 0.1) is 23.7 Å². The second-order valence-electron chi connectivity index (χ2n) is 14.9. The molecule has 0 bridgehead atoms. The third-order valence-electron chi connectivity index (χ3n) is 10.7. The number of aryl methyl sites for hydroxylation is 1. The molecule has 0 fully saturated rings. The number of ether oxygens (including phenoxy) is 3. The lowest BCUT2D eigenvalue weighted by atomic mass is 9.93. The number of hydrogen-bond acceptors (Lipinski definition) is 11. The van der Waals surface area contributed by atoms with E-state index in [2.05, 4.69) is 16.4 Å². The molecule has 0 saturated carbocycles. The van der Waals surface area contributed by atoms with E-state index in [0.29, 0.717) is 40.5 Å². The fraction of sp³-hybridized carbons (Fsp3) is 0.217. The number of amides is 1. The highest BCUT2D eigenvalue weighted by Crippen LogP contribution is 2.42. The fourth-order valence-corrected chi connectivity index (χ4v) is 10.5. The van der Waals surface area contributed by atoms with Crippen LogP contribution < -0.4 is 25.3 Å².